The Kier molecular flexibility index (Phi) is 14.1. The van der Waals surface area contributed by atoms with Crippen LogP contribution in [0.1, 0.15) is 125 Å². The van der Waals surface area contributed by atoms with Crippen LogP contribution in [0.3, 0.4) is 0 Å². The Balaban J connectivity index is 0.00000567. The maximum atomic E-state index is 11.5. The minimum Gasteiger partial charge on any atom is -0.547 e. The highest BCUT2D eigenvalue weighted by atomic mass is 16.7. The summed E-state index contributed by atoms with van der Waals surface area (Å²) in [6, 6.07) is 0. The molecule has 7 aliphatic heterocycles. The molecule has 17 atom stereocenters. The first-order valence-electron chi connectivity index (χ1n) is 21.6. The molecule has 0 bridgehead atoms. The Labute approximate surface area is 343 Å². The number of ether oxygens (including phenoxy) is 7. The van der Waals surface area contributed by atoms with Crippen LogP contribution < -0.4 is 11.3 Å². The van der Waals surface area contributed by atoms with Crippen LogP contribution >= 0.6 is 0 Å². The van der Waals surface area contributed by atoms with Gasteiger partial charge in [0.25, 0.3) is 0 Å². The molecule has 14 nitrogen and oxygen atoms in total. The maximum Gasteiger partial charge on any atom is 0.215 e. The summed E-state index contributed by atoms with van der Waals surface area (Å²) < 4.78 is 45.2. The van der Waals surface area contributed by atoms with Crippen LogP contribution in [0, 0.1) is 17.8 Å². The summed E-state index contributed by atoms with van der Waals surface area (Å²) in [7, 11) is 0. The molecule has 0 aromatic heterocycles. The summed E-state index contributed by atoms with van der Waals surface area (Å²) >= 11 is 0. The van der Waals surface area contributed by atoms with Crippen molar-refractivity contribution < 1.29 is 63.5 Å². The van der Waals surface area contributed by atoms with Crippen LogP contribution in [-0.4, -0.2) is 117 Å². The van der Waals surface area contributed by atoms with Crippen molar-refractivity contribution in [2.45, 2.75) is 209 Å². The summed E-state index contributed by atoms with van der Waals surface area (Å²) in [5.41, 5.74) is -0.677. The first-order valence-corrected chi connectivity index (χ1v) is 21.6. The van der Waals surface area contributed by atoms with Gasteiger partial charge in [-0.25, -0.2) is 0 Å². The fourth-order valence-corrected chi connectivity index (χ4v) is 10.5. The third-order valence-corrected chi connectivity index (χ3v) is 14.0. The van der Waals surface area contributed by atoms with Crippen molar-refractivity contribution in [3.05, 3.63) is 36.0 Å². The second-order valence-corrected chi connectivity index (χ2v) is 18.9. The number of carboxylic acid groups (broad SMARTS) is 1. The zero-order chi connectivity index (χ0) is 40.9. The number of aliphatic carboxylic acids is 1. The van der Waals surface area contributed by atoms with E-state index in [2.05, 4.69) is 20.4 Å². The van der Waals surface area contributed by atoms with Crippen LogP contribution in [0.2, 0.25) is 0 Å². The van der Waals surface area contributed by atoms with E-state index in [1.54, 1.807) is 6.08 Å². The molecule has 0 aromatic rings. The minimum atomic E-state index is -2.07. The smallest absolute Gasteiger partial charge is 0.215 e. The maximum absolute atomic E-state index is 11.5. The third-order valence-electron chi connectivity index (χ3n) is 14.0. The molecular formula is C44H71NO13. The van der Waals surface area contributed by atoms with E-state index in [0.717, 1.165) is 50.7 Å². The summed E-state index contributed by atoms with van der Waals surface area (Å²) in [5, 5.41) is 56.0. The average Bonchev–Trinajstić information content (AvgIpc) is 3.56. The van der Waals surface area contributed by atoms with E-state index >= 15 is 0 Å². The predicted molar refractivity (Wildman–Crippen MR) is 211 cm³/mol. The summed E-state index contributed by atoms with van der Waals surface area (Å²) in [6.07, 6.45) is 9.10. The lowest BCUT2D eigenvalue weighted by Gasteiger charge is -2.50. The van der Waals surface area contributed by atoms with Crippen molar-refractivity contribution in [3.63, 3.8) is 0 Å². The van der Waals surface area contributed by atoms with Gasteiger partial charge < -0.3 is 69.6 Å². The zero-order valence-corrected chi connectivity index (χ0v) is 35.5. The van der Waals surface area contributed by atoms with Crippen molar-refractivity contribution in [2.24, 2.45) is 17.8 Å². The molecular weight excluding hydrogens is 750 g/mol. The molecule has 6 saturated heterocycles. The number of carboxylic acids is 1. The topological polar surface area (TPSA) is 222 Å². The molecule has 0 aromatic carbocycles. The molecule has 6 fully saturated rings. The first kappa shape index (κ1) is 45.7. The lowest BCUT2D eigenvalue weighted by Crippen LogP contribution is -2.60. The molecule has 3 spiro atoms. The van der Waals surface area contributed by atoms with Crippen molar-refractivity contribution in [2.75, 3.05) is 6.61 Å². The highest BCUT2D eigenvalue weighted by molar-refractivity contribution is 5.74. The standard InChI is InChI=1S/C44H68O13.H3N/c1-25-21-34(55-44(23-25)35(46)12-11-31(54-44)24-41(6,50)40(48)49)26(2)9-10-30-14-18-43(53-30)19-15-33-39(57-43)36(47)29(5)38(52-33)32(45)22-28(4)37-27(3)13-17-42(56-37)16-7-8-20-51-42;/h9-10,23,26-28,30-39,45-47,50H,5,7-8,11-22,24H2,1-4,6H3,(H,48,49);1H3/b10-9+;/t26-,27-,28?,30+,31+,32+,33-,34+,35-,36-,37+,38+,39-,41-,42+,43-,44-;/m1./s1. The van der Waals surface area contributed by atoms with Crippen molar-refractivity contribution in [1.29, 1.82) is 0 Å². The fourth-order valence-electron chi connectivity index (χ4n) is 10.5. The van der Waals surface area contributed by atoms with E-state index in [1.165, 1.54) is 6.92 Å². The van der Waals surface area contributed by atoms with E-state index < -0.39 is 71.7 Å². The Morgan fingerprint density at radius 3 is 2.48 bits per heavy atom. The van der Waals surface area contributed by atoms with Crippen molar-refractivity contribution in [1.82, 2.24) is 6.15 Å². The first-order chi connectivity index (χ1) is 26.9. The Bertz CT molecular complexity index is 1510. The zero-order valence-electron chi connectivity index (χ0n) is 35.5. The van der Waals surface area contributed by atoms with E-state index in [1.807, 2.05) is 26.0 Å². The molecule has 7 heterocycles. The van der Waals surface area contributed by atoms with Gasteiger partial charge in [0, 0.05) is 38.0 Å². The number of carbonyl (C=O) groups excluding carboxylic acids is 1. The van der Waals surface area contributed by atoms with Crippen LogP contribution in [0.4, 0.5) is 0 Å². The van der Waals surface area contributed by atoms with Gasteiger partial charge in [-0.15, -0.1) is 0 Å². The SMILES string of the molecule is C=C1[C@@H](O)[C@@H]2O[C@]3(CC[C@H](/C=C/[C@@H](C)[C@@H]4CC(C)=C[C@@]5(O[C@H](C[C@@](C)(O)C(=O)[O-])CC[C@H]5O)O4)O3)CC[C@H]2O[C@@H]1[C@@H](O)CC(C)[C@H]1O[C@@]2(CCCCO2)CC[C@H]1C.[NH4+]. The van der Waals surface area contributed by atoms with E-state index in [0.29, 0.717) is 56.4 Å². The van der Waals surface area contributed by atoms with Gasteiger partial charge in [0.2, 0.25) is 5.79 Å². The highest BCUT2D eigenvalue weighted by Gasteiger charge is 2.55. The monoisotopic (exact) mass is 821 g/mol. The van der Waals surface area contributed by atoms with Crippen molar-refractivity contribution >= 4 is 5.97 Å². The van der Waals surface area contributed by atoms with Gasteiger partial charge in [-0.05, 0) is 95.1 Å². The molecule has 0 amide bonds. The molecule has 330 valence electrons. The second kappa shape index (κ2) is 17.9. The Hall–Kier alpha value is -1.79. The van der Waals surface area contributed by atoms with Crippen LogP contribution in [0.25, 0.3) is 0 Å². The van der Waals surface area contributed by atoms with E-state index in [9.17, 15) is 30.3 Å². The number of rotatable bonds is 10. The summed E-state index contributed by atoms with van der Waals surface area (Å²) in [6.45, 7) is 14.4. The number of hydrogen-bond donors (Lipinski definition) is 5. The van der Waals surface area contributed by atoms with Crippen LogP contribution in [0.15, 0.2) is 36.0 Å². The lowest BCUT2D eigenvalue weighted by molar-refractivity contribution is -0.336. The molecule has 1 unspecified atom stereocenters. The molecule has 0 aliphatic carbocycles. The summed E-state index contributed by atoms with van der Waals surface area (Å²) in [4.78, 5) is 11.5. The van der Waals surface area contributed by atoms with Crippen LogP contribution in [0.5, 0.6) is 0 Å². The average molecular weight is 822 g/mol. The summed E-state index contributed by atoms with van der Waals surface area (Å²) in [5.74, 6) is -4.11. The largest absolute Gasteiger partial charge is 0.547 e. The Morgan fingerprint density at radius 1 is 1.02 bits per heavy atom. The van der Waals surface area contributed by atoms with Gasteiger partial charge >= 0.3 is 0 Å². The van der Waals surface area contributed by atoms with Crippen molar-refractivity contribution in [3.8, 4) is 0 Å². The van der Waals surface area contributed by atoms with Gasteiger partial charge in [-0.3, -0.25) is 0 Å². The van der Waals surface area contributed by atoms with Gasteiger partial charge in [0.1, 0.15) is 30.0 Å². The highest BCUT2D eigenvalue weighted by Crippen LogP contribution is 2.47. The van der Waals surface area contributed by atoms with Gasteiger partial charge in [-0.1, -0.05) is 45.1 Å². The molecule has 0 saturated carbocycles. The molecule has 8 N–H and O–H groups in total. The number of hydrogen-bond acceptors (Lipinski definition) is 13. The fraction of sp³-hybridized carbons (Fsp3) is 0.841. The molecule has 0 radical (unpaired) electrons. The number of aliphatic hydroxyl groups excluding tert-OH is 3. The minimum absolute atomic E-state index is 0. The van der Waals surface area contributed by atoms with Gasteiger partial charge in [0.05, 0.1) is 49.2 Å². The predicted octanol–water partition coefficient (Wildman–Crippen LogP) is 4.26. The number of carbonyl (C=O) groups is 1. The Morgan fingerprint density at radius 2 is 1.76 bits per heavy atom. The molecule has 58 heavy (non-hydrogen) atoms. The molecule has 14 heteroatoms. The third kappa shape index (κ3) is 9.48. The molecule has 7 aliphatic rings. The quantitative estimate of drug-likeness (QED) is 0.195. The van der Waals surface area contributed by atoms with E-state index in [-0.39, 0.29) is 42.7 Å². The van der Waals surface area contributed by atoms with E-state index in [4.69, 9.17) is 33.2 Å². The molecule has 7 rings (SSSR count). The van der Waals surface area contributed by atoms with Gasteiger partial charge in [0.15, 0.2) is 11.6 Å². The lowest BCUT2D eigenvalue weighted by atomic mass is 9.79. The number of fused-ring (bicyclic) bond motifs is 1. The van der Waals surface area contributed by atoms with Crippen LogP contribution in [-0.2, 0) is 38.0 Å². The number of aliphatic hydroxyl groups is 4. The van der Waals surface area contributed by atoms with Gasteiger partial charge in [-0.2, -0.15) is 0 Å². The normalized spacial score (nSPS) is 44.6. The second-order valence-electron chi connectivity index (χ2n) is 18.9. The number of quaternary nitrogens is 1.